The van der Waals surface area contributed by atoms with Crippen LogP contribution >= 0.6 is 23.2 Å². The first-order valence-corrected chi connectivity index (χ1v) is 8.34. The minimum absolute atomic E-state index is 0.0104. The van der Waals surface area contributed by atoms with Crippen molar-refractivity contribution in [3.05, 3.63) is 63.3 Å². The average molecular weight is 361 g/mol. The van der Waals surface area contributed by atoms with Crippen molar-refractivity contribution in [2.75, 3.05) is 6.54 Å². The van der Waals surface area contributed by atoms with Gasteiger partial charge in [0.15, 0.2) is 0 Å². The molecule has 0 atom stereocenters. The van der Waals surface area contributed by atoms with Crippen molar-refractivity contribution >= 4 is 40.0 Å². The summed E-state index contributed by atoms with van der Waals surface area (Å²) in [4.78, 5) is 17.8. The van der Waals surface area contributed by atoms with Gasteiger partial charge in [-0.15, -0.1) is 0 Å². The summed E-state index contributed by atoms with van der Waals surface area (Å²) in [6.07, 6.45) is 0.758. The van der Waals surface area contributed by atoms with Crippen LogP contribution in [-0.2, 0) is 13.0 Å². The Kier molecular flexibility index (Phi) is 3.66. The van der Waals surface area contributed by atoms with Crippen molar-refractivity contribution in [1.29, 1.82) is 0 Å². The summed E-state index contributed by atoms with van der Waals surface area (Å²) >= 11 is 12.0. The normalized spacial score (nSPS) is 14.0. The van der Waals surface area contributed by atoms with Crippen LogP contribution in [0.5, 0.6) is 5.75 Å². The minimum Gasteiger partial charge on any atom is -0.508 e. The van der Waals surface area contributed by atoms with E-state index in [0.717, 1.165) is 23.0 Å². The summed E-state index contributed by atoms with van der Waals surface area (Å²) in [5.74, 6) is -0.154. The predicted octanol–water partition coefficient (Wildman–Crippen LogP) is 4.38. The number of halogens is 2. The van der Waals surface area contributed by atoms with Gasteiger partial charge in [-0.3, -0.25) is 4.79 Å². The third kappa shape index (κ3) is 2.62. The molecule has 122 valence electrons. The highest BCUT2D eigenvalue weighted by molar-refractivity contribution is 6.31. The number of benzene rings is 2. The predicted molar refractivity (Wildman–Crippen MR) is 94.9 cm³/mol. The van der Waals surface area contributed by atoms with Gasteiger partial charge in [0, 0.05) is 38.8 Å². The first-order valence-electron chi connectivity index (χ1n) is 7.59. The molecule has 1 aliphatic heterocycles. The summed E-state index contributed by atoms with van der Waals surface area (Å²) in [5.41, 5.74) is 3.66. The number of carbonyl (C=O) groups is 1. The highest BCUT2D eigenvalue weighted by atomic mass is 35.5. The molecule has 4 nitrogen and oxygen atoms in total. The van der Waals surface area contributed by atoms with E-state index in [1.54, 1.807) is 11.0 Å². The highest BCUT2D eigenvalue weighted by Crippen LogP contribution is 2.30. The van der Waals surface area contributed by atoms with Gasteiger partial charge in [0.2, 0.25) is 0 Å². The maximum atomic E-state index is 12.7. The van der Waals surface area contributed by atoms with Gasteiger partial charge in [-0.2, -0.15) is 0 Å². The SMILES string of the molecule is O=C(c1cc(O)cc(Cl)c1)N1CCc2c([nH]c3ccc(Cl)cc23)C1. The zero-order valence-electron chi connectivity index (χ0n) is 12.6. The molecule has 0 unspecified atom stereocenters. The molecule has 0 saturated heterocycles. The van der Waals surface area contributed by atoms with Crippen LogP contribution in [0.1, 0.15) is 21.6 Å². The summed E-state index contributed by atoms with van der Waals surface area (Å²) < 4.78 is 0. The van der Waals surface area contributed by atoms with Gasteiger partial charge in [0.25, 0.3) is 5.91 Å². The smallest absolute Gasteiger partial charge is 0.254 e. The Balaban J connectivity index is 1.66. The average Bonchev–Trinajstić information content (AvgIpc) is 2.90. The molecule has 0 bridgehead atoms. The van der Waals surface area contributed by atoms with Crippen LogP contribution in [0.4, 0.5) is 0 Å². The first-order chi connectivity index (χ1) is 11.5. The van der Waals surface area contributed by atoms with Crippen LogP contribution in [0.2, 0.25) is 10.0 Å². The number of hydrogen-bond acceptors (Lipinski definition) is 2. The van der Waals surface area contributed by atoms with Crippen LogP contribution in [-0.4, -0.2) is 27.4 Å². The number of nitrogens with one attached hydrogen (secondary N) is 1. The first kappa shape index (κ1) is 15.4. The molecule has 0 radical (unpaired) electrons. The van der Waals surface area contributed by atoms with Gasteiger partial charge >= 0.3 is 0 Å². The maximum Gasteiger partial charge on any atom is 0.254 e. The molecule has 4 rings (SSSR count). The summed E-state index contributed by atoms with van der Waals surface area (Å²) in [7, 11) is 0. The van der Waals surface area contributed by atoms with Crippen molar-refractivity contribution in [3.63, 3.8) is 0 Å². The number of phenols is 1. The minimum atomic E-state index is -0.143. The second-order valence-electron chi connectivity index (χ2n) is 5.95. The Hall–Kier alpha value is -2.17. The Morgan fingerprint density at radius 3 is 2.75 bits per heavy atom. The molecular formula is C18H14Cl2N2O2. The lowest BCUT2D eigenvalue weighted by atomic mass is 10.0. The molecule has 0 saturated carbocycles. The molecule has 1 amide bonds. The molecule has 2 aromatic carbocycles. The molecule has 0 spiro atoms. The number of H-pyrrole nitrogens is 1. The van der Waals surface area contributed by atoms with Crippen LogP contribution in [0.15, 0.2) is 36.4 Å². The molecule has 3 aromatic rings. The fourth-order valence-corrected chi connectivity index (χ4v) is 3.67. The number of phenolic OH excluding ortho intramolecular Hbond substituents is 1. The lowest BCUT2D eigenvalue weighted by molar-refractivity contribution is 0.0732. The van der Waals surface area contributed by atoms with Crippen molar-refractivity contribution in [1.82, 2.24) is 9.88 Å². The molecular weight excluding hydrogens is 347 g/mol. The van der Waals surface area contributed by atoms with Crippen molar-refractivity contribution in [2.24, 2.45) is 0 Å². The Morgan fingerprint density at radius 1 is 1.12 bits per heavy atom. The number of aromatic amines is 1. The summed E-state index contributed by atoms with van der Waals surface area (Å²) in [6.45, 7) is 1.10. The number of fused-ring (bicyclic) bond motifs is 3. The van der Waals surface area contributed by atoms with E-state index in [0.29, 0.717) is 28.7 Å². The van der Waals surface area contributed by atoms with E-state index in [1.807, 2.05) is 18.2 Å². The fraction of sp³-hybridized carbons (Fsp3) is 0.167. The molecule has 2 N–H and O–H groups in total. The number of rotatable bonds is 1. The van der Waals surface area contributed by atoms with E-state index in [-0.39, 0.29) is 11.7 Å². The Morgan fingerprint density at radius 2 is 1.96 bits per heavy atom. The number of aromatic hydroxyl groups is 1. The number of nitrogens with zero attached hydrogens (tertiary/aromatic N) is 1. The molecule has 24 heavy (non-hydrogen) atoms. The Labute approximate surface area is 148 Å². The zero-order valence-corrected chi connectivity index (χ0v) is 14.2. The topological polar surface area (TPSA) is 56.3 Å². The van der Waals surface area contributed by atoms with Crippen molar-refractivity contribution in [2.45, 2.75) is 13.0 Å². The van der Waals surface area contributed by atoms with Crippen LogP contribution in [0.3, 0.4) is 0 Å². The monoisotopic (exact) mass is 360 g/mol. The van der Waals surface area contributed by atoms with Gasteiger partial charge < -0.3 is 15.0 Å². The number of hydrogen-bond donors (Lipinski definition) is 2. The molecule has 0 aliphatic carbocycles. The maximum absolute atomic E-state index is 12.7. The number of carbonyl (C=O) groups excluding carboxylic acids is 1. The fourth-order valence-electron chi connectivity index (χ4n) is 3.27. The largest absolute Gasteiger partial charge is 0.508 e. The summed E-state index contributed by atoms with van der Waals surface area (Å²) in [5, 5.41) is 11.8. The second kappa shape index (κ2) is 5.72. The lowest BCUT2D eigenvalue weighted by Crippen LogP contribution is -2.35. The van der Waals surface area contributed by atoms with Crippen LogP contribution in [0.25, 0.3) is 10.9 Å². The van der Waals surface area contributed by atoms with Crippen LogP contribution in [0, 0.1) is 0 Å². The van der Waals surface area contributed by atoms with E-state index in [4.69, 9.17) is 23.2 Å². The molecule has 1 aliphatic rings. The lowest BCUT2D eigenvalue weighted by Gasteiger charge is -2.27. The van der Waals surface area contributed by atoms with Gasteiger partial charge in [-0.1, -0.05) is 23.2 Å². The summed E-state index contributed by atoms with van der Waals surface area (Å²) in [6, 6.07) is 10.2. The van der Waals surface area contributed by atoms with Crippen LogP contribution < -0.4 is 0 Å². The number of aromatic nitrogens is 1. The molecule has 0 fully saturated rings. The third-order valence-corrected chi connectivity index (χ3v) is 4.81. The van der Waals surface area contributed by atoms with Gasteiger partial charge in [-0.25, -0.2) is 0 Å². The third-order valence-electron chi connectivity index (χ3n) is 4.35. The second-order valence-corrected chi connectivity index (χ2v) is 6.82. The van der Waals surface area contributed by atoms with E-state index >= 15 is 0 Å². The van der Waals surface area contributed by atoms with Crippen molar-refractivity contribution in [3.8, 4) is 5.75 Å². The standard InChI is InChI=1S/C18H14Cl2N2O2/c19-11-1-2-16-15(8-11)14-3-4-22(9-17(14)21-16)18(24)10-5-12(20)7-13(23)6-10/h1-2,5-8,21,23H,3-4,9H2. The molecule has 1 aromatic heterocycles. The molecule has 2 heterocycles. The molecule has 6 heteroatoms. The van der Waals surface area contributed by atoms with Crippen molar-refractivity contribution < 1.29 is 9.90 Å². The number of amides is 1. The van der Waals surface area contributed by atoms with Gasteiger partial charge in [-0.05, 0) is 48.4 Å². The van der Waals surface area contributed by atoms with E-state index in [1.165, 1.54) is 17.7 Å². The van der Waals surface area contributed by atoms with E-state index < -0.39 is 0 Å². The Bertz CT molecular complexity index is 945. The highest BCUT2D eigenvalue weighted by Gasteiger charge is 2.25. The zero-order chi connectivity index (χ0) is 16.8. The quantitative estimate of drug-likeness (QED) is 0.676. The van der Waals surface area contributed by atoms with Gasteiger partial charge in [0.05, 0.1) is 6.54 Å². The van der Waals surface area contributed by atoms with Gasteiger partial charge in [0.1, 0.15) is 5.75 Å². The van der Waals surface area contributed by atoms with E-state index in [9.17, 15) is 9.90 Å². The van der Waals surface area contributed by atoms with E-state index in [2.05, 4.69) is 4.98 Å².